The summed E-state index contributed by atoms with van der Waals surface area (Å²) in [5.74, 6) is 0.149. The van der Waals surface area contributed by atoms with E-state index >= 15 is 0 Å². The molecule has 1 saturated carbocycles. The Morgan fingerprint density at radius 2 is 2.10 bits per heavy atom. The van der Waals surface area contributed by atoms with Crippen LogP contribution in [0.4, 0.5) is 4.39 Å². The molecule has 0 radical (unpaired) electrons. The van der Waals surface area contributed by atoms with Gasteiger partial charge in [0, 0.05) is 12.1 Å². The normalized spacial score (nSPS) is 16.0. The van der Waals surface area contributed by atoms with Crippen molar-refractivity contribution in [3.63, 3.8) is 0 Å². The summed E-state index contributed by atoms with van der Waals surface area (Å²) >= 11 is 0. The van der Waals surface area contributed by atoms with Gasteiger partial charge in [0.2, 0.25) is 0 Å². The Hall–Kier alpha value is -1.97. The van der Waals surface area contributed by atoms with Gasteiger partial charge in [-0.3, -0.25) is 9.48 Å². The third-order valence-corrected chi connectivity index (χ3v) is 4.17. The number of rotatable bonds is 4. The standard InChI is InChI=1S/C17H19FN2O/c18-16-8-4-5-13(9-16)10-20-11-15(12-21)17(19-20)14-6-2-1-3-7-14/h4-5,8-9,11-12,14H,1-3,6-7,10H2. The molecular formula is C17H19FN2O. The van der Waals surface area contributed by atoms with Gasteiger partial charge in [0.1, 0.15) is 5.82 Å². The molecule has 21 heavy (non-hydrogen) atoms. The Morgan fingerprint density at radius 3 is 2.81 bits per heavy atom. The average Bonchev–Trinajstić information content (AvgIpc) is 2.91. The molecule has 0 atom stereocenters. The van der Waals surface area contributed by atoms with Crippen molar-refractivity contribution in [3.8, 4) is 0 Å². The van der Waals surface area contributed by atoms with Gasteiger partial charge in [-0.15, -0.1) is 0 Å². The van der Waals surface area contributed by atoms with Crippen LogP contribution < -0.4 is 0 Å². The summed E-state index contributed by atoms with van der Waals surface area (Å²) in [6.07, 6.45) is 8.58. The third kappa shape index (κ3) is 3.20. The van der Waals surface area contributed by atoms with Gasteiger partial charge in [-0.1, -0.05) is 31.4 Å². The molecule has 3 rings (SSSR count). The summed E-state index contributed by atoms with van der Waals surface area (Å²) in [5, 5.41) is 4.59. The number of carbonyl (C=O) groups is 1. The van der Waals surface area contributed by atoms with Crippen molar-refractivity contribution in [1.82, 2.24) is 9.78 Å². The molecule has 2 aromatic rings. The highest BCUT2D eigenvalue weighted by Crippen LogP contribution is 2.33. The van der Waals surface area contributed by atoms with Crippen LogP contribution in [-0.2, 0) is 6.54 Å². The second-order valence-electron chi connectivity index (χ2n) is 5.75. The monoisotopic (exact) mass is 286 g/mol. The lowest BCUT2D eigenvalue weighted by atomic mass is 9.86. The zero-order chi connectivity index (χ0) is 14.7. The second kappa shape index (κ2) is 6.20. The Bertz CT molecular complexity index is 629. The van der Waals surface area contributed by atoms with Crippen LogP contribution in [-0.4, -0.2) is 16.1 Å². The highest BCUT2D eigenvalue weighted by molar-refractivity contribution is 5.76. The molecule has 0 bridgehead atoms. The molecule has 0 unspecified atom stereocenters. The molecule has 1 aliphatic rings. The van der Waals surface area contributed by atoms with Crippen molar-refractivity contribution in [3.05, 3.63) is 53.1 Å². The summed E-state index contributed by atoms with van der Waals surface area (Å²) < 4.78 is 15.0. The molecule has 4 heteroatoms. The van der Waals surface area contributed by atoms with Crippen LogP contribution in [0.3, 0.4) is 0 Å². The number of hydrogen-bond donors (Lipinski definition) is 0. The quantitative estimate of drug-likeness (QED) is 0.798. The first-order chi connectivity index (χ1) is 10.3. The molecule has 0 saturated heterocycles. The number of aldehydes is 1. The van der Waals surface area contributed by atoms with E-state index < -0.39 is 0 Å². The van der Waals surface area contributed by atoms with Gasteiger partial charge in [-0.2, -0.15) is 5.10 Å². The first-order valence-corrected chi connectivity index (χ1v) is 7.53. The van der Waals surface area contributed by atoms with Gasteiger partial charge in [-0.05, 0) is 30.5 Å². The van der Waals surface area contributed by atoms with Gasteiger partial charge in [0.15, 0.2) is 6.29 Å². The van der Waals surface area contributed by atoms with E-state index in [2.05, 4.69) is 5.10 Å². The first-order valence-electron chi connectivity index (χ1n) is 7.53. The van der Waals surface area contributed by atoms with E-state index in [9.17, 15) is 9.18 Å². The maximum absolute atomic E-state index is 13.2. The fourth-order valence-electron chi connectivity index (χ4n) is 3.14. The molecule has 0 amide bonds. The number of nitrogens with zero attached hydrogens (tertiary/aromatic N) is 2. The maximum Gasteiger partial charge on any atom is 0.153 e. The van der Waals surface area contributed by atoms with E-state index in [-0.39, 0.29) is 5.82 Å². The summed E-state index contributed by atoms with van der Waals surface area (Å²) in [7, 11) is 0. The minimum atomic E-state index is -0.247. The molecule has 1 heterocycles. The molecule has 1 aliphatic carbocycles. The molecule has 0 aliphatic heterocycles. The number of aromatic nitrogens is 2. The largest absolute Gasteiger partial charge is 0.298 e. The Balaban J connectivity index is 1.83. The third-order valence-electron chi connectivity index (χ3n) is 4.17. The Kier molecular flexibility index (Phi) is 4.13. The lowest BCUT2D eigenvalue weighted by molar-refractivity contribution is 0.112. The molecule has 1 fully saturated rings. The van der Waals surface area contributed by atoms with Crippen LogP contribution in [0, 0.1) is 5.82 Å². The van der Waals surface area contributed by atoms with Crippen molar-refractivity contribution in [1.29, 1.82) is 0 Å². The zero-order valence-corrected chi connectivity index (χ0v) is 12.0. The molecule has 1 aromatic carbocycles. The summed E-state index contributed by atoms with van der Waals surface area (Å²) in [4.78, 5) is 11.3. The van der Waals surface area contributed by atoms with Crippen molar-refractivity contribution in [2.45, 2.75) is 44.6 Å². The van der Waals surface area contributed by atoms with Crippen LogP contribution in [0.2, 0.25) is 0 Å². The highest BCUT2D eigenvalue weighted by Gasteiger charge is 2.21. The molecule has 0 N–H and O–H groups in total. The molecular weight excluding hydrogens is 267 g/mol. The van der Waals surface area contributed by atoms with Crippen molar-refractivity contribution in [2.24, 2.45) is 0 Å². The number of carbonyl (C=O) groups excluding carboxylic acids is 1. The van der Waals surface area contributed by atoms with Gasteiger partial charge in [0.25, 0.3) is 0 Å². The van der Waals surface area contributed by atoms with Crippen molar-refractivity contribution in [2.75, 3.05) is 0 Å². The van der Waals surface area contributed by atoms with E-state index in [1.165, 1.54) is 31.4 Å². The van der Waals surface area contributed by atoms with Gasteiger partial charge in [-0.25, -0.2) is 4.39 Å². The predicted molar refractivity (Wildman–Crippen MR) is 78.9 cm³/mol. The van der Waals surface area contributed by atoms with E-state index in [1.54, 1.807) is 16.9 Å². The van der Waals surface area contributed by atoms with E-state index in [4.69, 9.17) is 0 Å². The molecule has 0 spiro atoms. The highest BCUT2D eigenvalue weighted by atomic mass is 19.1. The van der Waals surface area contributed by atoms with E-state index in [0.29, 0.717) is 18.0 Å². The van der Waals surface area contributed by atoms with Crippen LogP contribution >= 0.6 is 0 Å². The van der Waals surface area contributed by atoms with Gasteiger partial charge >= 0.3 is 0 Å². The minimum Gasteiger partial charge on any atom is -0.298 e. The van der Waals surface area contributed by atoms with Gasteiger partial charge in [0.05, 0.1) is 17.8 Å². The fraction of sp³-hybridized carbons (Fsp3) is 0.412. The lowest BCUT2D eigenvalue weighted by Crippen LogP contribution is -2.08. The first kappa shape index (κ1) is 14.0. The summed E-state index contributed by atoms with van der Waals surface area (Å²) in [6.45, 7) is 0.491. The van der Waals surface area contributed by atoms with E-state index in [0.717, 1.165) is 30.4 Å². The SMILES string of the molecule is O=Cc1cn(Cc2cccc(F)c2)nc1C1CCCCC1. The van der Waals surface area contributed by atoms with Crippen molar-refractivity contribution >= 4 is 6.29 Å². The van der Waals surface area contributed by atoms with Crippen molar-refractivity contribution < 1.29 is 9.18 Å². The van der Waals surface area contributed by atoms with Crippen LogP contribution in [0.5, 0.6) is 0 Å². The zero-order valence-electron chi connectivity index (χ0n) is 12.0. The van der Waals surface area contributed by atoms with Crippen LogP contribution in [0.25, 0.3) is 0 Å². The van der Waals surface area contributed by atoms with E-state index in [1.807, 2.05) is 6.07 Å². The average molecular weight is 286 g/mol. The predicted octanol–water partition coefficient (Wildman–Crippen LogP) is 3.93. The molecule has 110 valence electrons. The Labute approximate surface area is 123 Å². The molecule has 3 nitrogen and oxygen atoms in total. The fourth-order valence-corrected chi connectivity index (χ4v) is 3.14. The molecule has 1 aromatic heterocycles. The smallest absolute Gasteiger partial charge is 0.153 e. The summed E-state index contributed by atoms with van der Waals surface area (Å²) in [6, 6.07) is 6.49. The summed E-state index contributed by atoms with van der Waals surface area (Å²) in [5.41, 5.74) is 2.45. The number of benzene rings is 1. The Morgan fingerprint density at radius 1 is 1.29 bits per heavy atom. The number of halogens is 1. The second-order valence-corrected chi connectivity index (χ2v) is 5.75. The van der Waals surface area contributed by atoms with Crippen LogP contribution in [0.1, 0.15) is 59.6 Å². The maximum atomic E-state index is 13.2. The topological polar surface area (TPSA) is 34.9 Å². The van der Waals surface area contributed by atoms with Crippen LogP contribution in [0.15, 0.2) is 30.5 Å². The lowest BCUT2D eigenvalue weighted by Gasteiger charge is -2.20. The minimum absolute atomic E-state index is 0.247. The van der Waals surface area contributed by atoms with Gasteiger partial charge < -0.3 is 0 Å². The number of hydrogen-bond acceptors (Lipinski definition) is 2.